The predicted molar refractivity (Wildman–Crippen MR) is 61.5 cm³/mol. The third-order valence-electron chi connectivity index (χ3n) is 2.70. The van der Waals surface area contributed by atoms with Crippen molar-refractivity contribution in [3.63, 3.8) is 0 Å². The molecule has 0 aliphatic carbocycles. The number of ether oxygens (including phenoxy) is 1. The molecule has 4 heteroatoms. The number of rotatable bonds is 3. The van der Waals surface area contributed by atoms with Crippen LogP contribution < -0.4 is 10.1 Å². The molecule has 1 aromatic heterocycles. The van der Waals surface area contributed by atoms with E-state index in [1.807, 2.05) is 18.3 Å². The van der Waals surface area contributed by atoms with Gasteiger partial charge < -0.3 is 10.1 Å². The second kappa shape index (κ2) is 3.79. The summed E-state index contributed by atoms with van der Waals surface area (Å²) >= 11 is 1.51. The van der Waals surface area contributed by atoms with E-state index in [4.69, 9.17) is 4.74 Å². The Morgan fingerprint density at radius 3 is 3.20 bits per heavy atom. The van der Waals surface area contributed by atoms with E-state index in [-0.39, 0.29) is 0 Å². The lowest BCUT2D eigenvalue weighted by atomic mass is 10.1. The minimum absolute atomic E-state index is 0.673. The van der Waals surface area contributed by atoms with Gasteiger partial charge in [-0.05, 0) is 23.7 Å². The molecule has 0 amide bonds. The number of hydrogen-bond donors (Lipinski definition) is 1. The summed E-state index contributed by atoms with van der Waals surface area (Å²) in [5.74, 6) is 1.64. The van der Waals surface area contributed by atoms with Gasteiger partial charge in [-0.2, -0.15) is 4.37 Å². The smallest absolute Gasteiger partial charge is 0.129 e. The molecule has 1 aliphatic heterocycles. The molecule has 0 bridgehead atoms. The number of fused-ring (bicyclic) bond motifs is 1. The summed E-state index contributed by atoms with van der Waals surface area (Å²) < 4.78 is 11.2. The normalized spacial score (nSPS) is 16.5. The summed E-state index contributed by atoms with van der Waals surface area (Å²) in [5.41, 5.74) is 0. The van der Waals surface area contributed by atoms with Gasteiger partial charge in [0.25, 0.3) is 0 Å². The van der Waals surface area contributed by atoms with Crippen molar-refractivity contribution in [2.75, 3.05) is 19.7 Å². The van der Waals surface area contributed by atoms with Gasteiger partial charge in [0.05, 0.1) is 22.9 Å². The van der Waals surface area contributed by atoms with Gasteiger partial charge in [0.1, 0.15) is 5.75 Å². The Bertz CT molecular complexity index is 464. The van der Waals surface area contributed by atoms with E-state index in [0.717, 1.165) is 30.8 Å². The Morgan fingerprint density at radius 1 is 1.47 bits per heavy atom. The van der Waals surface area contributed by atoms with Gasteiger partial charge in [-0.1, -0.05) is 6.07 Å². The molecule has 0 radical (unpaired) electrons. The fourth-order valence-electron chi connectivity index (χ4n) is 1.67. The summed E-state index contributed by atoms with van der Waals surface area (Å²) in [4.78, 5) is 0. The van der Waals surface area contributed by atoms with Crippen molar-refractivity contribution >= 4 is 21.6 Å². The Balaban J connectivity index is 1.80. The quantitative estimate of drug-likeness (QED) is 0.857. The molecule has 1 aliphatic rings. The monoisotopic (exact) mass is 220 g/mol. The summed E-state index contributed by atoms with van der Waals surface area (Å²) in [6.07, 6.45) is 1.88. The maximum atomic E-state index is 5.81. The van der Waals surface area contributed by atoms with E-state index < -0.39 is 0 Å². The Morgan fingerprint density at radius 2 is 2.40 bits per heavy atom. The molecule has 2 aromatic rings. The van der Waals surface area contributed by atoms with Crippen molar-refractivity contribution in [1.29, 1.82) is 0 Å². The predicted octanol–water partition coefficient (Wildman–Crippen LogP) is 1.89. The van der Waals surface area contributed by atoms with Crippen molar-refractivity contribution < 1.29 is 4.74 Å². The Labute approximate surface area is 92.2 Å². The van der Waals surface area contributed by atoms with Crippen molar-refractivity contribution in [3.8, 4) is 5.75 Å². The first-order chi connectivity index (χ1) is 7.43. The molecule has 15 heavy (non-hydrogen) atoms. The second-order valence-electron chi connectivity index (χ2n) is 3.83. The van der Waals surface area contributed by atoms with E-state index in [1.54, 1.807) is 0 Å². The number of aromatic nitrogens is 1. The molecule has 3 rings (SSSR count). The molecule has 1 aromatic carbocycles. The van der Waals surface area contributed by atoms with Crippen LogP contribution in [0.2, 0.25) is 0 Å². The van der Waals surface area contributed by atoms with Crippen LogP contribution in [0.1, 0.15) is 0 Å². The second-order valence-corrected chi connectivity index (χ2v) is 4.66. The fourth-order valence-corrected chi connectivity index (χ4v) is 2.33. The van der Waals surface area contributed by atoms with Gasteiger partial charge in [-0.15, -0.1) is 0 Å². The Hall–Kier alpha value is -1.13. The van der Waals surface area contributed by atoms with Gasteiger partial charge in [0.15, 0.2) is 0 Å². The zero-order valence-electron chi connectivity index (χ0n) is 8.27. The maximum absolute atomic E-state index is 5.81. The minimum atomic E-state index is 0.673. The van der Waals surface area contributed by atoms with Gasteiger partial charge >= 0.3 is 0 Å². The number of nitrogens with one attached hydrogen (secondary N) is 1. The molecular formula is C11H12N2OS. The van der Waals surface area contributed by atoms with Gasteiger partial charge in [-0.25, -0.2) is 0 Å². The topological polar surface area (TPSA) is 34.1 Å². The Kier molecular flexibility index (Phi) is 2.31. The average molecular weight is 220 g/mol. The molecule has 3 nitrogen and oxygen atoms in total. The van der Waals surface area contributed by atoms with E-state index in [9.17, 15) is 0 Å². The third-order valence-corrected chi connectivity index (χ3v) is 3.46. The van der Waals surface area contributed by atoms with Crippen LogP contribution >= 0.6 is 11.5 Å². The van der Waals surface area contributed by atoms with Crippen molar-refractivity contribution in [2.24, 2.45) is 5.92 Å². The fraction of sp³-hybridized carbons (Fsp3) is 0.364. The first kappa shape index (κ1) is 9.12. The summed E-state index contributed by atoms with van der Waals surface area (Å²) in [5, 5.41) is 4.37. The zero-order valence-corrected chi connectivity index (χ0v) is 9.09. The van der Waals surface area contributed by atoms with Gasteiger partial charge in [0, 0.05) is 19.0 Å². The van der Waals surface area contributed by atoms with Crippen LogP contribution in [0.4, 0.5) is 0 Å². The summed E-state index contributed by atoms with van der Waals surface area (Å²) in [6, 6.07) is 6.11. The van der Waals surface area contributed by atoms with Crippen LogP contribution in [0, 0.1) is 5.92 Å². The molecular weight excluding hydrogens is 208 g/mol. The van der Waals surface area contributed by atoms with E-state index >= 15 is 0 Å². The highest BCUT2D eigenvalue weighted by molar-refractivity contribution is 7.13. The molecule has 0 unspecified atom stereocenters. The molecule has 1 N–H and O–H groups in total. The summed E-state index contributed by atoms with van der Waals surface area (Å²) in [7, 11) is 0. The maximum Gasteiger partial charge on any atom is 0.129 e. The van der Waals surface area contributed by atoms with Crippen LogP contribution in [0.15, 0.2) is 24.4 Å². The van der Waals surface area contributed by atoms with E-state index in [2.05, 4.69) is 15.8 Å². The average Bonchev–Trinajstić information content (AvgIpc) is 2.63. The van der Waals surface area contributed by atoms with Crippen LogP contribution in [0.3, 0.4) is 0 Å². The van der Waals surface area contributed by atoms with Crippen LogP contribution in [-0.2, 0) is 0 Å². The lowest BCUT2D eigenvalue weighted by Gasteiger charge is -2.26. The first-order valence-corrected chi connectivity index (χ1v) is 5.88. The third kappa shape index (κ3) is 1.70. The minimum Gasteiger partial charge on any atom is -0.492 e. The number of nitrogens with zero attached hydrogens (tertiary/aromatic N) is 1. The standard InChI is InChI=1S/C11H12N2OS/c1-2-10(14-7-8-4-12-5-8)9-6-13-15-11(9)3-1/h1-3,6,8,12H,4-5,7H2. The van der Waals surface area contributed by atoms with E-state index in [1.165, 1.54) is 16.2 Å². The number of benzene rings is 1. The van der Waals surface area contributed by atoms with Gasteiger partial charge in [0.2, 0.25) is 0 Å². The summed E-state index contributed by atoms with van der Waals surface area (Å²) in [6.45, 7) is 2.97. The SMILES string of the molecule is c1cc(OCC2CNC2)c2cnsc2c1. The van der Waals surface area contributed by atoms with Crippen LogP contribution in [-0.4, -0.2) is 24.1 Å². The number of hydrogen-bond acceptors (Lipinski definition) is 4. The molecule has 0 saturated carbocycles. The van der Waals surface area contributed by atoms with Crippen molar-refractivity contribution in [2.45, 2.75) is 0 Å². The molecule has 0 atom stereocenters. The lowest BCUT2D eigenvalue weighted by Crippen LogP contribution is -2.45. The zero-order chi connectivity index (χ0) is 10.1. The van der Waals surface area contributed by atoms with Crippen molar-refractivity contribution in [1.82, 2.24) is 9.69 Å². The van der Waals surface area contributed by atoms with Crippen LogP contribution in [0.25, 0.3) is 10.1 Å². The highest BCUT2D eigenvalue weighted by Gasteiger charge is 2.17. The lowest BCUT2D eigenvalue weighted by molar-refractivity contribution is 0.201. The van der Waals surface area contributed by atoms with E-state index in [0.29, 0.717) is 5.92 Å². The van der Waals surface area contributed by atoms with Crippen LogP contribution in [0.5, 0.6) is 5.75 Å². The van der Waals surface area contributed by atoms with Crippen molar-refractivity contribution in [3.05, 3.63) is 24.4 Å². The highest BCUT2D eigenvalue weighted by Crippen LogP contribution is 2.28. The molecule has 78 valence electrons. The largest absolute Gasteiger partial charge is 0.492 e. The molecule has 0 spiro atoms. The first-order valence-electron chi connectivity index (χ1n) is 5.10. The molecule has 1 fully saturated rings. The van der Waals surface area contributed by atoms with Gasteiger partial charge in [-0.3, -0.25) is 0 Å². The molecule has 1 saturated heterocycles. The molecule has 2 heterocycles. The highest BCUT2D eigenvalue weighted by atomic mass is 32.1.